The second-order valence-electron chi connectivity index (χ2n) is 4.42. The summed E-state index contributed by atoms with van der Waals surface area (Å²) in [6.45, 7) is 6.58. The summed E-state index contributed by atoms with van der Waals surface area (Å²) in [5.41, 5.74) is 7.70. The molecule has 1 rings (SSSR count). The van der Waals surface area contributed by atoms with Gasteiger partial charge in [0.25, 0.3) is 0 Å². The molecule has 1 aromatic carbocycles. The van der Waals surface area contributed by atoms with Gasteiger partial charge in [-0.25, -0.2) is 0 Å². The minimum atomic E-state index is -0.310. The van der Waals surface area contributed by atoms with E-state index in [1.807, 2.05) is 12.1 Å². The van der Waals surface area contributed by atoms with Crippen LogP contribution in [0.4, 0.5) is 5.69 Å². The van der Waals surface area contributed by atoms with Gasteiger partial charge in [0.05, 0.1) is 0 Å². The van der Waals surface area contributed by atoms with Gasteiger partial charge in [-0.2, -0.15) is 0 Å². The van der Waals surface area contributed by atoms with Crippen molar-refractivity contribution >= 4 is 18.3 Å². The third kappa shape index (κ3) is 3.24. The fourth-order valence-corrected chi connectivity index (χ4v) is 1.39. The topological polar surface area (TPSA) is 38.0 Å². The Labute approximate surface area is 91.3 Å². The fourth-order valence-electron chi connectivity index (χ4n) is 1.24. The zero-order chi connectivity index (χ0) is 10.8. The van der Waals surface area contributed by atoms with Crippen molar-refractivity contribution < 1.29 is 0 Å². The molecule has 0 aliphatic heterocycles. The predicted octanol–water partition coefficient (Wildman–Crippen LogP) is 2.57. The highest BCUT2D eigenvalue weighted by atomic mass is 32.1. The standard InChI is InChI=1S/C11H18N2S/c1-11(2,3)8-4-6-9(7-5-8)13-10(12)14/h4-7,10,13-14H,12H2,1-3H3. The summed E-state index contributed by atoms with van der Waals surface area (Å²) in [6.07, 6.45) is 0. The van der Waals surface area contributed by atoms with Crippen molar-refractivity contribution in [3.8, 4) is 0 Å². The van der Waals surface area contributed by atoms with Gasteiger partial charge in [-0.1, -0.05) is 32.9 Å². The number of hydrogen-bond donors (Lipinski definition) is 3. The van der Waals surface area contributed by atoms with E-state index in [-0.39, 0.29) is 10.9 Å². The lowest BCUT2D eigenvalue weighted by atomic mass is 9.87. The van der Waals surface area contributed by atoms with Crippen LogP contribution in [-0.2, 0) is 5.41 Å². The Balaban J connectivity index is 2.79. The maximum Gasteiger partial charge on any atom is 0.120 e. The van der Waals surface area contributed by atoms with Crippen molar-refractivity contribution in [3.63, 3.8) is 0 Å². The fraction of sp³-hybridized carbons (Fsp3) is 0.455. The number of anilines is 1. The molecule has 0 spiro atoms. The van der Waals surface area contributed by atoms with Crippen LogP contribution in [0.1, 0.15) is 26.3 Å². The largest absolute Gasteiger partial charge is 0.362 e. The van der Waals surface area contributed by atoms with Gasteiger partial charge < -0.3 is 11.1 Å². The second kappa shape index (κ2) is 4.24. The first-order chi connectivity index (χ1) is 6.39. The van der Waals surface area contributed by atoms with Crippen molar-refractivity contribution in [2.24, 2.45) is 5.73 Å². The molecule has 0 radical (unpaired) electrons. The zero-order valence-corrected chi connectivity index (χ0v) is 9.81. The molecule has 1 unspecified atom stereocenters. The molecule has 0 aromatic heterocycles. The Morgan fingerprint density at radius 3 is 2.07 bits per heavy atom. The maximum absolute atomic E-state index is 5.50. The Bertz CT molecular complexity index is 285. The molecule has 3 N–H and O–H groups in total. The van der Waals surface area contributed by atoms with E-state index in [2.05, 4.69) is 50.8 Å². The van der Waals surface area contributed by atoms with Crippen LogP contribution >= 0.6 is 12.6 Å². The van der Waals surface area contributed by atoms with Crippen LogP contribution in [0.25, 0.3) is 0 Å². The van der Waals surface area contributed by atoms with Crippen molar-refractivity contribution in [2.45, 2.75) is 31.7 Å². The molecule has 3 heteroatoms. The number of nitrogens with two attached hydrogens (primary N) is 1. The first kappa shape index (κ1) is 11.4. The molecular formula is C11H18N2S. The highest BCUT2D eigenvalue weighted by Crippen LogP contribution is 2.23. The van der Waals surface area contributed by atoms with E-state index in [4.69, 9.17) is 5.73 Å². The van der Waals surface area contributed by atoms with Crippen molar-refractivity contribution in [1.29, 1.82) is 0 Å². The number of hydrogen-bond acceptors (Lipinski definition) is 3. The normalized spacial score (nSPS) is 13.8. The van der Waals surface area contributed by atoms with Gasteiger partial charge in [-0.05, 0) is 23.1 Å². The maximum atomic E-state index is 5.50. The van der Waals surface area contributed by atoms with Gasteiger partial charge in [0.15, 0.2) is 0 Å². The van der Waals surface area contributed by atoms with E-state index in [0.717, 1.165) is 5.69 Å². The average molecular weight is 210 g/mol. The summed E-state index contributed by atoms with van der Waals surface area (Å²) in [6, 6.07) is 8.27. The molecule has 2 nitrogen and oxygen atoms in total. The van der Waals surface area contributed by atoms with Crippen molar-refractivity contribution in [3.05, 3.63) is 29.8 Å². The number of nitrogens with one attached hydrogen (secondary N) is 1. The molecule has 78 valence electrons. The molecular weight excluding hydrogens is 192 g/mol. The summed E-state index contributed by atoms with van der Waals surface area (Å²) in [4.78, 5) is 0. The lowest BCUT2D eigenvalue weighted by molar-refractivity contribution is 0.590. The Morgan fingerprint density at radius 1 is 1.21 bits per heavy atom. The smallest absolute Gasteiger partial charge is 0.120 e. The highest BCUT2D eigenvalue weighted by molar-refractivity contribution is 7.81. The lowest BCUT2D eigenvalue weighted by Gasteiger charge is -2.19. The monoisotopic (exact) mass is 210 g/mol. The van der Waals surface area contributed by atoms with E-state index in [0.29, 0.717) is 0 Å². The summed E-state index contributed by atoms with van der Waals surface area (Å²) < 4.78 is 0. The summed E-state index contributed by atoms with van der Waals surface area (Å²) in [5, 5.41) is 3.03. The van der Waals surface area contributed by atoms with Gasteiger partial charge in [0.1, 0.15) is 5.50 Å². The number of thiol groups is 1. The van der Waals surface area contributed by atoms with E-state index in [1.165, 1.54) is 5.56 Å². The Kier molecular flexibility index (Phi) is 3.45. The van der Waals surface area contributed by atoms with Crippen LogP contribution in [-0.4, -0.2) is 5.50 Å². The quantitative estimate of drug-likeness (QED) is 0.518. The second-order valence-corrected chi connectivity index (χ2v) is 4.97. The molecule has 0 saturated heterocycles. The molecule has 0 heterocycles. The first-order valence-corrected chi connectivity index (χ1v) is 5.22. The molecule has 0 bridgehead atoms. The molecule has 1 atom stereocenters. The van der Waals surface area contributed by atoms with Crippen LogP contribution in [0.2, 0.25) is 0 Å². The van der Waals surface area contributed by atoms with E-state index in [9.17, 15) is 0 Å². The molecule has 0 saturated carbocycles. The average Bonchev–Trinajstić information content (AvgIpc) is 2.02. The Morgan fingerprint density at radius 2 is 1.71 bits per heavy atom. The molecule has 1 aromatic rings. The van der Waals surface area contributed by atoms with Gasteiger partial charge >= 0.3 is 0 Å². The highest BCUT2D eigenvalue weighted by Gasteiger charge is 2.12. The molecule has 0 fully saturated rings. The van der Waals surface area contributed by atoms with Crippen molar-refractivity contribution in [2.75, 3.05) is 5.32 Å². The molecule has 0 aliphatic rings. The SMILES string of the molecule is CC(C)(C)c1ccc(NC(N)S)cc1. The summed E-state index contributed by atoms with van der Waals surface area (Å²) >= 11 is 4.06. The predicted molar refractivity (Wildman–Crippen MR) is 65.7 cm³/mol. The molecule has 14 heavy (non-hydrogen) atoms. The third-order valence-corrected chi connectivity index (χ3v) is 2.19. The third-order valence-electron chi connectivity index (χ3n) is 2.07. The molecule has 0 aliphatic carbocycles. The van der Waals surface area contributed by atoms with E-state index < -0.39 is 0 Å². The van der Waals surface area contributed by atoms with Crippen LogP contribution < -0.4 is 11.1 Å². The minimum absolute atomic E-state index is 0.196. The van der Waals surface area contributed by atoms with Gasteiger partial charge in [-0.15, -0.1) is 12.6 Å². The number of benzene rings is 1. The number of rotatable bonds is 2. The van der Waals surface area contributed by atoms with Crippen molar-refractivity contribution in [1.82, 2.24) is 0 Å². The summed E-state index contributed by atoms with van der Waals surface area (Å²) in [7, 11) is 0. The first-order valence-electron chi connectivity index (χ1n) is 4.70. The van der Waals surface area contributed by atoms with Crippen LogP contribution in [0.5, 0.6) is 0 Å². The zero-order valence-electron chi connectivity index (χ0n) is 8.91. The van der Waals surface area contributed by atoms with Crippen LogP contribution in [0.3, 0.4) is 0 Å². The van der Waals surface area contributed by atoms with E-state index in [1.54, 1.807) is 0 Å². The minimum Gasteiger partial charge on any atom is -0.362 e. The summed E-state index contributed by atoms with van der Waals surface area (Å²) in [5.74, 6) is 0. The molecule has 0 amide bonds. The van der Waals surface area contributed by atoms with E-state index >= 15 is 0 Å². The van der Waals surface area contributed by atoms with Gasteiger partial charge in [-0.3, -0.25) is 0 Å². The van der Waals surface area contributed by atoms with Crippen LogP contribution in [0, 0.1) is 0 Å². The Hall–Kier alpha value is -0.670. The van der Waals surface area contributed by atoms with Gasteiger partial charge in [0, 0.05) is 5.69 Å². The lowest BCUT2D eigenvalue weighted by Crippen LogP contribution is -2.22. The van der Waals surface area contributed by atoms with Gasteiger partial charge in [0.2, 0.25) is 0 Å². The van der Waals surface area contributed by atoms with Crippen LogP contribution in [0.15, 0.2) is 24.3 Å².